The molecule has 0 bridgehead atoms. The van der Waals surface area contributed by atoms with E-state index in [2.05, 4.69) is 17.2 Å². The minimum Gasteiger partial charge on any atom is -0.342 e. The molecule has 4 nitrogen and oxygen atoms in total. The Morgan fingerprint density at radius 2 is 1.95 bits per heavy atom. The Morgan fingerprint density at radius 1 is 1.24 bits per heavy atom. The summed E-state index contributed by atoms with van der Waals surface area (Å²) < 4.78 is 0. The van der Waals surface area contributed by atoms with Gasteiger partial charge < -0.3 is 10.2 Å². The van der Waals surface area contributed by atoms with Crippen LogP contribution in [-0.2, 0) is 9.59 Å². The molecule has 110 valence electrons. The summed E-state index contributed by atoms with van der Waals surface area (Å²) >= 11 is 0. The van der Waals surface area contributed by atoms with Crippen LogP contribution in [0.15, 0.2) is 30.3 Å². The molecule has 1 aromatic carbocycles. The van der Waals surface area contributed by atoms with E-state index in [0.29, 0.717) is 6.42 Å². The van der Waals surface area contributed by atoms with Crippen molar-refractivity contribution in [3.63, 3.8) is 0 Å². The van der Waals surface area contributed by atoms with Gasteiger partial charge in [0.05, 0.1) is 6.54 Å². The average molecular weight is 284 g/mol. The van der Waals surface area contributed by atoms with Gasteiger partial charge in [0.25, 0.3) is 0 Å². The number of nitrogens with zero attached hydrogens (tertiary/aromatic N) is 1. The maximum absolute atomic E-state index is 12.6. The van der Waals surface area contributed by atoms with Gasteiger partial charge in [-0.1, -0.05) is 49.6 Å². The van der Waals surface area contributed by atoms with E-state index in [9.17, 15) is 9.59 Å². The Hall–Kier alpha value is -2.28. The van der Waals surface area contributed by atoms with E-state index in [1.165, 1.54) is 0 Å². The molecule has 2 amide bonds. The number of carbonyl (C=O) groups is 2. The molecule has 2 unspecified atom stereocenters. The van der Waals surface area contributed by atoms with E-state index in [0.717, 1.165) is 12.0 Å². The number of piperazine rings is 1. The number of rotatable bonds is 4. The second kappa shape index (κ2) is 6.94. The topological polar surface area (TPSA) is 49.4 Å². The highest BCUT2D eigenvalue weighted by Crippen LogP contribution is 2.26. The third kappa shape index (κ3) is 3.25. The predicted octanol–water partition coefficient (Wildman–Crippen LogP) is 1.88. The van der Waals surface area contributed by atoms with Crippen LogP contribution in [0.1, 0.15) is 38.3 Å². The van der Waals surface area contributed by atoms with Crippen molar-refractivity contribution < 1.29 is 9.59 Å². The molecule has 1 fully saturated rings. The van der Waals surface area contributed by atoms with Gasteiger partial charge in [0.1, 0.15) is 12.1 Å². The summed E-state index contributed by atoms with van der Waals surface area (Å²) in [5.74, 6) is 5.52. The third-order valence-corrected chi connectivity index (χ3v) is 3.58. The average Bonchev–Trinajstić information content (AvgIpc) is 2.50. The zero-order chi connectivity index (χ0) is 15.2. The van der Waals surface area contributed by atoms with E-state index in [-0.39, 0.29) is 18.4 Å². The van der Waals surface area contributed by atoms with Crippen LogP contribution in [0.4, 0.5) is 0 Å². The highest BCUT2D eigenvalue weighted by molar-refractivity contribution is 5.97. The molecular weight excluding hydrogens is 264 g/mol. The summed E-state index contributed by atoms with van der Waals surface area (Å²) in [4.78, 5) is 26.6. The molecule has 1 saturated heterocycles. The van der Waals surface area contributed by atoms with Crippen LogP contribution in [0.5, 0.6) is 0 Å². The fourth-order valence-corrected chi connectivity index (χ4v) is 2.57. The molecule has 1 heterocycles. The van der Waals surface area contributed by atoms with Crippen molar-refractivity contribution in [3.8, 4) is 11.8 Å². The van der Waals surface area contributed by atoms with Gasteiger partial charge in [-0.2, -0.15) is 0 Å². The smallest absolute Gasteiger partial charge is 0.248 e. The molecular formula is C17H20N2O2. The first-order valence-electron chi connectivity index (χ1n) is 7.24. The molecule has 0 radical (unpaired) electrons. The largest absolute Gasteiger partial charge is 0.342 e. The summed E-state index contributed by atoms with van der Waals surface area (Å²) in [6.07, 6.45) is 1.50. The molecule has 0 aliphatic carbocycles. The highest BCUT2D eigenvalue weighted by atomic mass is 16.2. The molecule has 0 aromatic heterocycles. The van der Waals surface area contributed by atoms with Gasteiger partial charge in [-0.3, -0.25) is 9.59 Å². The SMILES string of the molecule is CC#CCN1C(=O)C(CCC)NC(=O)C1c1ccccc1. The highest BCUT2D eigenvalue weighted by Gasteiger charge is 2.40. The van der Waals surface area contributed by atoms with Crippen LogP contribution in [-0.4, -0.2) is 29.3 Å². The predicted molar refractivity (Wildman–Crippen MR) is 81.2 cm³/mol. The molecule has 21 heavy (non-hydrogen) atoms. The fourth-order valence-electron chi connectivity index (χ4n) is 2.57. The van der Waals surface area contributed by atoms with Gasteiger partial charge in [-0.15, -0.1) is 5.92 Å². The van der Waals surface area contributed by atoms with Crippen LogP contribution in [0.2, 0.25) is 0 Å². The lowest BCUT2D eigenvalue weighted by atomic mass is 9.98. The first-order valence-corrected chi connectivity index (χ1v) is 7.24. The maximum atomic E-state index is 12.6. The van der Waals surface area contributed by atoms with E-state index in [1.54, 1.807) is 11.8 Å². The van der Waals surface area contributed by atoms with Gasteiger partial charge in [0.15, 0.2) is 0 Å². The Balaban J connectivity index is 2.34. The van der Waals surface area contributed by atoms with Gasteiger partial charge in [0.2, 0.25) is 11.8 Å². The third-order valence-electron chi connectivity index (χ3n) is 3.58. The van der Waals surface area contributed by atoms with E-state index < -0.39 is 12.1 Å². The number of benzene rings is 1. The summed E-state index contributed by atoms with van der Waals surface area (Å²) in [6.45, 7) is 4.01. The van der Waals surface area contributed by atoms with E-state index >= 15 is 0 Å². The van der Waals surface area contributed by atoms with Crippen molar-refractivity contribution >= 4 is 11.8 Å². The molecule has 1 N–H and O–H groups in total. The van der Waals surface area contributed by atoms with E-state index in [4.69, 9.17) is 0 Å². The summed E-state index contributed by atoms with van der Waals surface area (Å²) in [6, 6.07) is 8.34. The lowest BCUT2D eigenvalue weighted by Gasteiger charge is -2.38. The van der Waals surface area contributed by atoms with Crippen molar-refractivity contribution in [2.75, 3.05) is 6.54 Å². The monoisotopic (exact) mass is 284 g/mol. The number of hydrogen-bond donors (Lipinski definition) is 1. The normalized spacial score (nSPS) is 21.5. The van der Waals surface area contributed by atoms with Gasteiger partial charge in [-0.25, -0.2) is 0 Å². The second-order valence-corrected chi connectivity index (χ2v) is 5.06. The van der Waals surface area contributed by atoms with Crippen molar-refractivity contribution in [1.29, 1.82) is 0 Å². The molecule has 4 heteroatoms. The van der Waals surface area contributed by atoms with Gasteiger partial charge in [-0.05, 0) is 18.9 Å². The Labute approximate surface area is 125 Å². The molecule has 1 aliphatic heterocycles. The van der Waals surface area contributed by atoms with Crippen LogP contribution < -0.4 is 5.32 Å². The summed E-state index contributed by atoms with van der Waals surface area (Å²) in [7, 11) is 0. The number of nitrogens with one attached hydrogen (secondary N) is 1. The van der Waals surface area contributed by atoms with Gasteiger partial charge in [0, 0.05) is 0 Å². The molecule has 1 aromatic rings. The van der Waals surface area contributed by atoms with E-state index in [1.807, 2.05) is 37.3 Å². The van der Waals surface area contributed by atoms with Crippen LogP contribution in [0, 0.1) is 11.8 Å². The molecule has 0 spiro atoms. The van der Waals surface area contributed by atoms with Crippen molar-refractivity contribution in [3.05, 3.63) is 35.9 Å². The Kier molecular flexibility index (Phi) is 4.99. The Morgan fingerprint density at radius 3 is 2.57 bits per heavy atom. The zero-order valence-electron chi connectivity index (χ0n) is 12.4. The summed E-state index contributed by atoms with van der Waals surface area (Å²) in [5.41, 5.74) is 0.816. The lowest BCUT2D eigenvalue weighted by Crippen LogP contribution is -2.59. The van der Waals surface area contributed by atoms with Gasteiger partial charge >= 0.3 is 0 Å². The molecule has 0 saturated carbocycles. The lowest BCUT2D eigenvalue weighted by molar-refractivity contribution is -0.149. The molecule has 2 atom stereocenters. The first kappa shape index (κ1) is 15.1. The van der Waals surface area contributed by atoms with Crippen molar-refractivity contribution in [2.45, 2.75) is 38.8 Å². The first-order chi connectivity index (χ1) is 10.2. The zero-order valence-corrected chi connectivity index (χ0v) is 12.4. The maximum Gasteiger partial charge on any atom is 0.248 e. The minimum atomic E-state index is -0.590. The standard InChI is InChI=1S/C17H20N2O2/c1-3-5-12-19-15(13-10-7-6-8-11-13)16(20)18-14(9-4-2)17(19)21/h6-8,10-11,14-15H,4,9,12H2,1-2H3,(H,18,20). The van der Waals surface area contributed by atoms with Crippen molar-refractivity contribution in [1.82, 2.24) is 10.2 Å². The number of amides is 2. The number of carbonyl (C=O) groups excluding carboxylic acids is 2. The van der Waals surface area contributed by atoms with Crippen LogP contribution in [0.3, 0.4) is 0 Å². The summed E-state index contributed by atoms with van der Waals surface area (Å²) in [5, 5.41) is 2.84. The minimum absolute atomic E-state index is 0.0481. The quantitative estimate of drug-likeness (QED) is 0.858. The second-order valence-electron chi connectivity index (χ2n) is 5.06. The number of hydrogen-bond acceptors (Lipinski definition) is 2. The Bertz CT molecular complexity index is 571. The van der Waals surface area contributed by atoms with Crippen LogP contribution >= 0.6 is 0 Å². The van der Waals surface area contributed by atoms with Crippen LogP contribution in [0.25, 0.3) is 0 Å². The molecule has 1 aliphatic rings. The molecule has 2 rings (SSSR count). The van der Waals surface area contributed by atoms with Crippen molar-refractivity contribution in [2.24, 2.45) is 0 Å². The fraction of sp³-hybridized carbons (Fsp3) is 0.412.